The molecule has 2 saturated carbocycles. The van der Waals surface area contributed by atoms with Crippen molar-refractivity contribution in [2.75, 3.05) is 13.2 Å². The molecule has 0 saturated heterocycles. The molecule has 2 aliphatic carbocycles. The van der Waals surface area contributed by atoms with Crippen LogP contribution >= 0.6 is 0 Å². The molecule has 2 fully saturated rings. The van der Waals surface area contributed by atoms with E-state index in [1.807, 2.05) is 0 Å². The first-order valence-corrected chi connectivity index (χ1v) is 22.7. The number of halogens is 4. The summed E-state index contributed by atoms with van der Waals surface area (Å²) in [7, 11) is 0. The van der Waals surface area contributed by atoms with Crippen LogP contribution in [0.1, 0.15) is 189 Å². The smallest absolute Gasteiger partial charge is 0.200 e. The van der Waals surface area contributed by atoms with Crippen molar-refractivity contribution >= 4 is 0 Å². The Balaban J connectivity index is 0.997. The molecule has 0 N–H and O–H groups in total. The minimum absolute atomic E-state index is 0.0340. The minimum Gasteiger partial charge on any atom is -0.490 e. The fourth-order valence-electron chi connectivity index (χ4n) is 9.24. The van der Waals surface area contributed by atoms with Gasteiger partial charge in [-0.1, -0.05) is 114 Å². The summed E-state index contributed by atoms with van der Waals surface area (Å²) in [5.41, 5.74) is 3.78. The van der Waals surface area contributed by atoms with Crippen LogP contribution in [-0.4, -0.2) is 13.2 Å². The highest BCUT2D eigenvalue weighted by Gasteiger charge is 2.26. The highest BCUT2D eigenvalue weighted by Crippen LogP contribution is 2.42. The Kier molecular flexibility index (Phi) is 18.9. The van der Waals surface area contributed by atoms with E-state index >= 15 is 0 Å². The number of hydrogen-bond acceptors (Lipinski definition) is 2. The largest absolute Gasteiger partial charge is 0.490 e. The first-order valence-electron chi connectivity index (χ1n) is 22.7. The maximum Gasteiger partial charge on any atom is 0.200 e. The Morgan fingerprint density at radius 1 is 0.464 bits per heavy atom. The predicted molar refractivity (Wildman–Crippen MR) is 223 cm³/mol. The molecule has 56 heavy (non-hydrogen) atoms. The zero-order valence-electron chi connectivity index (χ0n) is 34.6. The second-order valence-corrected chi connectivity index (χ2v) is 17.1. The van der Waals surface area contributed by atoms with Gasteiger partial charge in [0.05, 0.1) is 13.2 Å². The second kappa shape index (κ2) is 24.0. The van der Waals surface area contributed by atoms with Gasteiger partial charge in [-0.2, -0.15) is 8.78 Å². The number of benzene rings is 3. The molecule has 5 rings (SSSR count). The summed E-state index contributed by atoms with van der Waals surface area (Å²) < 4.78 is 70.7. The normalized spacial score (nSPS) is 20.0. The maximum atomic E-state index is 15.0. The van der Waals surface area contributed by atoms with Gasteiger partial charge in [-0.05, 0) is 148 Å². The average molecular weight is 779 g/mol. The van der Waals surface area contributed by atoms with Crippen molar-refractivity contribution in [2.24, 2.45) is 11.8 Å². The third-order valence-corrected chi connectivity index (χ3v) is 13.0. The monoisotopic (exact) mass is 779 g/mol. The van der Waals surface area contributed by atoms with E-state index in [1.54, 1.807) is 24.3 Å². The SMILES string of the molecule is CCCCCCCCOc1ccc(CCC2CCC(c3cccc(C4CCC(CCc5ccc(OCCCCCCCC)c(F)c5F)CC4)c3)CC2)c(F)c1F. The quantitative estimate of drug-likeness (QED) is 0.0666. The van der Waals surface area contributed by atoms with Gasteiger partial charge >= 0.3 is 0 Å². The molecule has 0 amide bonds. The highest BCUT2D eigenvalue weighted by molar-refractivity contribution is 5.33. The van der Waals surface area contributed by atoms with Gasteiger partial charge in [0.2, 0.25) is 11.6 Å². The summed E-state index contributed by atoms with van der Waals surface area (Å²) in [5.74, 6) is -0.967. The van der Waals surface area contributed by atoms with Gasteiger partial charge in [-0.25, -0.2) is 8.78 Å². The van der Waals surface area contributed by atoms with E-state index in [-0.39, 0.29) is 11.5 Å². The lowest BCUT2D eigenvalue weighted by atomic mass is 9.74. The number of unbranched alkanes of at least 4 members (excludes halogenated alkanes) is 10. The molecule has 2 nitrogen and oxygen atoms in total. The highest BCUT2D eigenvalue weighted by atomic mass is 19.2. The first kappa shape index (κ1) is 44.1. The number of rotatable bonds is 24. The molecule has 0 aromatic heterocycles. The minimum atomic E-state index is -0.844. The van der Waals surface area contributed by atoms with E-state index in [0.717, 1.165) is 103 Å². The van der Waals surface area contributed by atoms with Crippen LogP contribution in [0.4, 0.5) is 17.6 Å². The lowest BCUT2D eigenvalue weighted by Gasteiger charge is -2.31. The Labute approximate surface area is 336 Å². The fourth-order valence-corrected chi connectivity index (χ4v) is 9.24. The molecule has 0 radical (unpaired) electrons. The summed E-state index contributed by atoms with van der Waals surface area (Å²) in [4.78, 5) is 0. The Bertz CT molecular complexity index is 1460. The molecule has 0 bridgehead atoms. The summed E-state index contributed by atoms with van der Waals surface area (Å²) >= 11 is 0. The van der Waals surface area contributed by atoms with Crippen molar-refractivity contribution in [3.05, 3.63) is 94.1 Å². The molecule has 0 aliphatic heterocycles. The Morgan fingerprint density at radius 2 is 0.857 bits per heavy atom. The van der Waals surface area contributed by atoms with Crippen molar-refractivity contribution in [1.82, 2.24) is 0 Å². The van der Waals surface area contributed by atoms with Gasteiger partial charge in [0.25, 0.3) is 0 Å². The van der Waals surface area contributed by atoms with Crippen LogP contribution in [0.2, 0.25) is 0 Å². The van der Waals surface area contributed by atoms with E-state index in [0.29, 0.717) is 60.9 Å². The van der Waals surface area contributed by atoms with Crippen molar-refractivity contribution in [3.8, 4) is 11.5 Å². The fraction of sp³-hybridized carbons (Fsp3) is 0.640. The first-order chi connectivity index (χ1) is 27.4. The van der Waals surface area contributed by atoms with E-state index < -0.39 is 23.3 Å². The van der Waals surface area contributed by atoms with Gasteiger partial charge < -0.3 is 9.47 Å². The zero-order chi connectivity index (χ0) is 39.5. The molecule has 310 valence electrons. The standard InChI is InChI=1S/C50H70F4O2/c1-3-5-7-9-11-13-34-55-45-32-30-41(47(51)49(45)53)28-22-37-18-24-39(25-19-37)43-16-15-17-44(36-43)40-26-20-38(21-27-40)23-29-42-31-33-46(50(54)48(42)52)56-35-14-12-10-8-6-4-2/h15-17,30-33,36-40H,3-14,18-29,34-35H2,1-2H3. The van der Waals surface area contributed by atoms with Crippen molar-refractivity contribution < 1.29 is 27.0 Å². The summed E-state index contributed by atoms with van der Waals surface area (Å²) in [6.07, 6.45) is 25.4. The molecule has 0 atom stereocenters. The molecule has 0 spiro atoms. The van der Waals surface area contributed by atoms with E-state index in [2.05, 4.69) is 38.1 Å². The second-order valence-electron chi connectivity index (χ2n) is 17.1. The Morgan fingerprint density at radius 3 is 1.27 bits per heavy atom. The van der Waals surface area contributed by atoms with Gasteiger partial charge in [0, 0.05) is 0 Å². The van der Waals surface area contributed by atoms with E-state index in [1.165, 1.54) is 49.7 Å². The predicted octanol–water partition coefficient (Wildman–Crippen LogP) is 15.5. The summed E-state index contributed by atoms with van der Waals surface area (Å²) in [5, 5.41) is 0. The van der Waals surface area contributed by atoms with Gasteiger partial charge in [-0.15, -0.1) is 0 Å². The molecule has 3 aromatic rings. The molecule has 2 aliphatic rings. The van der Waals surface area contributed by atoms with Crippen molar-refractivity contribution in [1.29, 1.82) is 0 Å². The topological polar surface area (TPSA) is 18.5 Å². The molecular weight excluding hydrogens is 709 g/mol. The lowest BCUT2D eigenvalue weighted by molar-refractivity contribution is 0.283. The third kappa shape index (κ3) is 13.5. The summed E-state index contributed by atoms with van der Waals surface area (Å²) in [6, 6.07) is 15.9. The number of hydrogen-bond donors (Lipinski definition) is 0. The van der Waals surface area contributed by atoms with Gasteiger partial charge in [-0.3, -0.25) is 0 Å². The molecule has 6 heteroatoms. The molecular formula is C50H70F4O2. The van der Waals surface area contributed by atoms with Crippen molar-refractivity contribution in [3.63, 3.8) is 0 Å². The van der Waals surface area contributed by atoms with Crippen LogP contribution in [0.3, 0.4) is 0 Å². The maximum absolute atomic E-state index is 15.0. The third-order valence-electron chi connectivity index (χ3n) is 13.0. The van der Waals surface area contributed by atoms with Crippen LogP contribution in [0.5, 0.6) is 11.5 Å². The number of ether oxygens (including phenoxy) is 2. The van der Waals surface area contributed by atoms with Crippen molar-refractivity contribution in [2.45, 2.75) is 180 Å². The number of aryl methyl sites for hydroxylation is 2. The van der Waals surface area contributed by atoms with Crippen LogP contribution < -0.4 is 9.47 Å². The van der Waals surface area contributed by atoms with E-state index in [4.69, 9.17) is 9.47 Å². The average Bonchev–Trinajstić information content (AvgIpc) is 3.23. The molecule has 0 heterocycles. The summed E-state index contributed by atoms with van der Waals surface area (Å²) in [6.45, 7) is 5.24. The van der Waals surface area contributed by atoms with Gasteiger partial charge in [0.1, 0.15) is 0 Å². The van der Waals surface area contributed by atoms with Crippen LogP contribution in [0.15, 0.2) is 48.5 Å². The molecule has 0 unspecified atom stereocenters. The van der Waals surface area contributed by atoms with Gasteiger partial charge in [0.15, 0.2) is 23.1 Å². The Hall–Kier alpha value is -3.02. The lowest BCUT2D eigenvalue weighted by Crippen LogP contribution is -2.16. The van der Waals surface area contributed by atoms with Crippen LogP contribution in [-0.2, 0) is 12.8 Å². The zero-order valence-corrected chi connectivity index (χ0v) is 34.6. The molecule has 3 aromatic carbocycles. The van der Waals surface area contributed by atoms with E-state index in [9.17, 15) is 17.6 Å². The van der Waals surface area contributed by atoms with Crippen LogP contribution in [0, 0.1) is 35.1 Å². The van der Waals surface area contributed by atoms with Crippen LogP contribution in [0.25, 0.3) is 0 Å².